The third-order valence-electron chi connectivity index (χ3n) is 1.84. The Morgan fingerprint density at radius 1 is 1.21 bits per heavy atom. The standard InChI is InChI=1S/C10H7BrN2O/c11-9-2-1-7-13(10(9)14)8-3-5-12-6-4-8/h1-7H. The zero-order chi connectivity index (χ0) is 9.97. The monoisotopic (exact) mass is 250 g/mol. The van der Waals surface area contributed by atoms with Gasteiger partial charge in [-0.2, -0.15) is 0 Å². The largest absolute Gasteiger partial charge is 0.283 e. The fourth-order valence-electron chi connectivity index (χ4n) is 1.18. The van der Waals surface area contributed by atoms with Gasteiger partial charge in [0.05, 0.1) is 10.2 Å². The number of halogens is 1. The molecule has 0 aliphatic rings. The lowest BCUT2D eigenvalue weighted by molar-refractivity contribution is 0.975. The van der Waals surface area contributed by atoms with Crippen molar-refractivity contribution in [3.63, 3.8) is 0 Å². The number of rotatable bonds is 1. The summed E-state index contributed by atoms with van der Waals surface area (Å²) in [6.45, 7) is 0. The van der Waals surface area contributed by atoms with E-state index in [1.807, 2.05) is 6.07 Å². The molecule has 0 N–H and O–H groups in total. The van der Waals surface area contributed by atoms with Gasteiger partial charge in [0.25, 0.3) is 5.56 Å². The van der Waals surface area contributed by atoms with Gasteiger partial charge in [0.2, 0.25) is 0 Å². The minimum Gasteiger partial charge on any atom is -0.283 e. The summed E-state index contributed by atoms with van der Waals surface area (Å²) in [6, 6.07) is 7.10. The minimum absolute atomic E-state index is 0.0706. The Morgan fingerprint density at radius 3 is 2.64 bits per heavy atom. The van der Waals surface area contributed by atoms with Crippen molar-refractivity contribution in [3.05, 3.63) is 57.7 Å². The van der Waals surface area contributed by atoms with Crippen LogP contribution in [0.2, 0.25) is 0 Å². The topological polar surface area (TPSA) is 34.9 Å². The van der Waals surface area contributed by atoms with E-state index in [1.165, 1.54) is 0 Å². The molecule has 0 atom stereocenters. The first-order valence-corrected chi connectivity index (χ1v) is 4.86. The summed E-state index contributed by atoms with van der Waals surface area (Å²) in [4.78, 5) is 15.6. The average molecular weight is 251 g/mol. The van der Waals surface area contributed by atoms with Crippen LogP contribution in [0.3, 0.4) is 0 Å². The highest BCUT2D eigenvalue weighted by molar-refractivity contribution is 9.10. The van der Waals surface area contributed by atoms with Gasteiger partial charge in [-0.3, -0.25) is 14.3 Å². The van der Waals surface area contributed by atoms with E-state index < -0.39 is 0 Å². The molecule has 2 heterocycles. The molecular formula is C10H7BrN2O. The van der Waals surface area contributed by atoms with Crippen molar-refractivity contribution in [1.82, 2.24) is 9.55 Å². The Kier molecular flexibility index (Phi) is 2.45. The van der Waals surface area contributed by atoms with E-state index in [9.17, 15) is 4.79 Å². The summed E-state index contributed by atoms with van der Waals surface area (Å²) in [5.41, 5.74) is 0.741. The number of hydrogen-bond acceptors (Lipinski definition) is 2. The molecule has 0 aromatic carbocycles. The molecule has 0 aliphatic carbocycles. The molecule has 14 heavy (non-hydrogen) atoms. The fraction of sp³-hybridized carbons (Fsp3) is 0. The quantitative estimate of drug-likeness (QED) is 0.776. The van der Waals surface area contributed by atoms with E-state index in [-0.39, 0.29) is 5.56 Å². The number of aromatic nitrogens is 2. The Bertz CT molecular complexity index is 493. The first-order chi connectivity index (χ1) is 6.79. The van der Waals surface area contributed by atoms with Gasteiger partial charge in [0, 0.05) is 18.6 Å². The van der Waals surface area contributed by atoms with Gasteiger partial charge < -0.3 is 0 Å². The first-order valence-electron chi connectivity index (χ1n) is 4.06. The Labute approximate surface area is 89.2 Å². The van der Waals surface area contributed by atoms with Crippen LogP contribution in [0, 0.1) is 0 Å². The number of pyridine rings is 2. The lowest BCUT2D eigenvalue weighted by Crippen LogP contribution is -2.17. The summed E-state index contributed by atoms with van der Waals surface area (Å²) in [5, 5.41) is 0. The molecule has 0 amide bonds. The summed E-state index contributed by atoms with van der Waals surface area (Å²) in [6.07, 6.45) is 5.04. The lowest BCUT2D eigenvalue weighted by Gasteiger charge is -2.04. The van der Waals surface area contributed by atoms with Gasteiger partial charge >= 0.3 is 0 Å². The van der Waals surface area contributed by atoms with E-state index in [1.54, 1.807) is 41.4 Å². The molecule has 70 valence electrons. The second-order valence-electron chi connectivity index (χ2n) is 2.74. The van der Waals surface area contributed by atoms with E-state index >= 15 is 0 Å². The highest BCUT2D eigenvalue weighted by atomic mass is 79.9. The van der Waals surface area contributed by atoms with E-state index in [4.69, 9.17) is 0 Å². The molecule has 0 fully saturated rings. The van der Waals surface area contributed by atoms with E-state index in [0.29, 0.717) is 4.47 Å². The molecule has 0 unspecified atom stereocenters. The van der Waals surface area contributed by atoms with Crippen LogP contribution in [0.15, 0.2) is 52.1 Å². The highest BCUT2D eigenvalue weighted by Gasteiger charge is 2.00. The molecule has 2 aromatic rings. The SMILES string of the molecule is O=c1c(Br)cccn1-c1ccncc1. The van der Waals surface area contributed by atoms with E-state index in [0.717, 1.165) is 5.69 Å². The summed E-state index contributed by atoms with van der Waals surface area (Å²) >= 11 is 3.19. The second-order valence-corrected chi connectivity index (χ2v) is 3.59. The van der Waals surface area contributed by atoms with Gasteiger partial charge in [0.1, 0.15) is 0 Å². The molecular weight excluding hydrogens is 244 g/mol. The normalized spacial score (nSPS) is 10.1. The third-order valence-corrected chi connectivity index (χ3v) is 2.45. The molecule has 0 spiro atoms. The third kappa shape index (κ3) is 1.61. The van der Waals surface area contributed by atoms with Crippen molar-refractivity contribution in [1.29, 1.82) is 0 Å². The molecule has 2 rings (SSSR count). The van der Waals surface area contributed by atoms with Gasteiger partial charge in [-0.05, 0) is 40.2 Å². The molecule has 0 radical (unpaired) electrons. The van der Waals surface area contributed by atoms with Crippen molar-refractivity contribution in [2.24, 2.45) is 0 Å². The molecule has 3 nitrogen and oxygen atoms in total. The van der Waals surface area contributed by atoms with Crippen LogP contribution in [0.1, 0.15) is 0 Å². The maximum Gasteiger partial charge on any atom is 0.269 e. The molecule has 0 aliphatic heterocycles. The Hall–Kier alpha value is -1.42. The van der Waals surface area contributed by atoms with Crippen molar-refractivity contribution in [2.75, 3.05) is 0 Å². The second kappa shape index (κ2) is 3.75. The zero-order valence-electron chi connectivity index (χ0n) is 7.22. The predicted molar refractivity (Wildman–Crippen MR) is 57.5 cm³/mol. The molecule has 0 saturated heterocycles. The average Bonchev–Trinajstić information content (AvgIpc) is 2.23. The Balaban J connectivity index is 2.64. The lowest BCUT2D eigenvalue weighted by atomic mass is 10.4. The first kappa shape index (κ1) is 9.15. The smallest absolute Gasteiger partial charge is 0.269 e. The maximum atomic E-state index is 11.7. The fourth-order valence-corrected chi connectivity index (χ4v) is 1.52. The predicted octanol–water partition coefficient (Wildman–Crippen LogP) is 1.99. The van der Waals surface area contributed by atoms with Crippen molar-refractivity contribution in [2.45, 2.75) is 0 Å². The molecule has 0 bridgehead atoms. The Morgan fingerprint density at radius 2 is 1.93 bits per heavy atom. The van der Waals surface area contributed by atoms with E-state index in [2.05, 4.69) is 20.9 Å². The minimum atomic E-state index is -0.0706. The van der Waals surface area contributed by atoms with Gasteiger partial charge in [-0.25, -0.2) is 0 Å². The van der Waals surface area contributed by atoms with Crippen LogP contribution in [0.5, 0.6) is 0 Å². The van der Waals surface area contributed by atoms with Crippen LogP contribution >= 0.6 is 15.9 Å². The summed E-state index contributed by atoms with van der Waals surface area (Å²) < 4.78 is 2.11. The van der Waals surface area contributed by atoms with Crippen LogP contribution in [-0.2, 0) is 0 Å². The van der Waals surface area contributed by atoms with Crippen LogP contribution in [-0.4, -0.2) is 9.55 Å². The molecule has 0 saturated carbocycles. The summed E-state index contributed by atoms with van der Waals surface area (Å²) in [5.74, 6) is 0. The number of hydrogen-bond donors (Lipinski definition) is 0. The van der Waals surface area contributed by atoms with Crippen LogP contribution in [0.4, 0.5) is 0 Å². The highest BCUT2D eigenvalue weighted by Crippen LogP contribution is 2.06. The summed E-state index contributed by atoms with van der Waals surface area (Å²) in [7, 11) is 0. The zero-order valence-corrected chi connectivity index (χ0v) is 8.81. The molecule has 4 heteroatoms. The van der Waals surface area contributed by atoms with Crippen LogP contribution in [0.25, 0.3) is 5.69 Å². The van der Waals surface area contributed by atoms with Gasteiger partial charge in [-0.1, -0.05) is 0 Å². The maximum absolute atomic E-state index is 11.7. The molecule has 2 aromatic heterocycles. The van der Waals surface area contributed by atoms with Crippen molar-refractivity contribution in [3.8, 4) is 5.69 Å². The van der Waals surface area contributed by atoms with Crippen molar-refractivity contribution >= 4 is 15.9 Å². The van der Waals surface area contributed by atoms with Crippen LogP contribution < -0.4 is 5.56 Å². The van der Waals surface area contributed by atoms with Gasteiger partial charge in [-0.15, -0.1) is 0 Å². The van der Waals surface area contributed by atoms with Crippen molar-refractivity contribution < 1.29 is 0 Å². The van der Waals surface area contributed by atoms with Gasteiger partial charge in [0.15, 0.2) is 0 Å². The number of nitrogens with zero attached hydrogens (tertiary/aromatic N) is 2.